The molecule has 1 saturated heterocycles. The normalized spacial score (nSPS) is 17.8. The minimum Gasteiger partial charge on any atom is -0.507 e. The Morgan fingerprint density at radius 1 is 1.19 bits per heavy atom. The molecule has 2 aromatic heterocycles. The standard InChI is InChI=1S/C18H20N6OS/c25-16-10-13(24-9-8-20-12-24)3-4-15(16)18-21-11-17(22-23-18)26-14-2-1-6-19-7-5-14/h3-4,8-12,14,19,25H,1-2,5-7H2. The van der Waals surface area contributed by atoms with Crippen LogP contribution in [0.15, 0.2) is 48.1 Å². The number of hydrogen-bond acceptors (Lipinski definition) is 7. The molecule has 1 aliphatic rings. The molecule has 0 bridgehead atoms. The van der Waals surface area contributed by atoms with Gasteiger partial charge in [0.15, 0.2) is 5.82 Å². The highest BCUT2D eigenvalue weighted by molar-refractivity contribution is 7.99. The van der Waals surface area contributed by atoms with Crippen LogP contribution in [0.1, 0.15) is 19.3 Å². The van der Waals surface area contributed by atoms with Crippen LogP contribution in [-0.2, 0) is 0 Å². The van der Waals surface area contributed by atoms with E-state index >= 15 is 0 Å². The smallest absolute Gasteiger partial charge is 0.185 e. The van der Waals surface area contributed by atoms with Crippen LogP contribution in [0.5, 0.6) is 5.75 Å². The van der Waals surface area contributed by atoms with Crippen molar-refractivity contribution < 1.29 is 5.11 Å². The van der Waals surface area contributed by atoms with E-state index in [1.165, 1.54) is 12.8 Å². The lowest BCUT2D eigenvalue weighted by molar-refractivity contribution is 0.476. The molecule has 3 heterocycles. The Morgan fingerprint density at radius 3 is 2.92 bits per heavy atom. The quantitative estimate of drug-likeness (QED) is 0.732. The third-order valence-electron chi connectivity index (χ3n) is 4.38. The fraction of sp³-hybridized carbons (Fsp3) is 0.333. The van der Waals surface area contributed by atoms with Crippen LogP contribution in [0.25, 0.3) is 17.1 Å². The number of nitrogens with one attached hydrogen (secondary N) is 1. The van der Waals surface area contributed by atoms with Crippen LogP contribution < -0.4 is 5.32 Å². The maximum Gasteiger partial charge on any atom is 0.185 e. The lowest BCUT2D eigenvalue weighted by Gasteiger charge is -2.12. The number of phenolic OH excluding ortho intramolecular Hbond substituents is 1. The molecule has 0 saturated carbocycles. The Hall–Kier alpha value is -2.45. The number of aromatic hydroxyl groups is 1. The van der Waals surface area contributed by atoms with Gasteiger partial charge in [-0.25, -0.2) is 9.97 Å². The van der Waals surface area contributed by atoms with Crippen LogP contribution in [0.3, 0.4) is 0 Å². The van der Waals surface area contributed by atoms with Crippen LogP contribution in [0.2, 0.25) is 0 Å². The molecule has 3 aromatic rings. The minimum atomic E-state index is 0.119. The Morgan fingerprint density at radius 2 is 2.15 bits per heavy atom. The molecule has 0 radical (unpaired) electrons. The summed E-state index contributed by atoms with van der Waals surface area (Å²) in [6.07, 6.45) is 10.4. The highest BCUT2D eigenvalue weighted by Crippen LogP contribution is 2.30. The zero-order chi connectivity index (χ0) is 17.8. The van der Waals surface area contributed by atoms with Crippen molar-refractivity contribution in [2.24, 2.45) is 0 Å². The van der Waals surface area contributed by atoms with Crippen molar-refractivity contribution in [2.75, 3.05) is 13.1 Å². The summed E-state index contributed by atoms with van der Waals surface area (Å²) in [6, 6.07) is 5.36. The van der Waals surface area contributed by atoms with Crippen molar-refractivity contribution in [1.82, 2.24) is 30.0 Å². The summed E-state index contributed by atoms with van der Waals surface area (Å²) in [6.45, 7) is 2.14. The van der Waals surface area contributed by atoms with Crippen molar-refractivity contribution in [3.63, 3.8) is 0 Å². The molecule has 1 fully saturated rings. The average Bonchev–Trinajstić information content (AvgIpc) is 3.08. The number of aromatic nitrogens is 5. The number of hydrogen-bond donors (Lipinski definition) is 2. The molecule has 0 amide bonds. The van der Waals surface area contributed by atoms with E-state index in [4.69, 9.17) is 0 Å². The minimum absolute atomic E-state index is 0.119. The molecule has 1 unspecified atom stereocenters. The summed E-state index contributed by atoms with van der Waals surface area (Å²) in [5.74, 6) is 0.541. The van der Waals surface area contributed by atoms with E-state index in [9.17, 15) is 5.11 Å². The van der Waals surface area contributed by atoms with E-state index in [0.29, 0.717) is 16.6 Å². The van der Waals surface area contributed by atoms with Crippen molar-refractivity contribution in [1.29, 1.82) is 0 Å². The predicted octanol–water partition coefficient (Wildman–Crippen LogP) is 2.66. The predicted molar refractivity (Wildman–Crippen MR) is 100 cm³/mol. The van der Waals surface area contributed by atoms with Gasteiger partial charge in [-0.05, 0) is 44.5 Å². The number of thioether (sulfide) groups is 1. The number of rotatable bonds is 4. The van der Waals surface area contributed by atoms with Crippen molar-refractivity contribution >= 4 is 11.8 Å². The van der Waals surface area contributed by atoms with E-state index in [2.05, 4.69) is 25.5 Å². The molecular weight excluding hydrogens is 348 g/mol. The first kappa shape index (κ1) is 17.0. The third kappa shape index (κ3) is 3.86. The molecule has 134 valence electrons. The summed E-state index contributed by atoms with van der Waals surface area (Å²) >= 11 is 1.74. The zero-order valence-corrected chi connectivity index (χ0v) is 15.1. The molecule has 2 N–H and O–H groups in total. The number of imidazole rings is 1. The van der Waals surface area contributed by atoms with Crippen molar-refractivity contribution in [3.8, 4) is 22.8 Å². The summed E-state index contributed by atoms with van der Waals surface area (Å²) in [4.78, 5) is 8.41. The third-order valence-corrected chi connectivity index (χ3v) is 5.61. The Balaban J connectivity index is 1.49. The topological polar surface area (TPSA) is 88.8 Å². The van der Waals surface area contributed by atoms with E-state index in [1.807, 2.05) is 16.8 Å². The van der Waals surface area contributed by atoms with Gasteiger partial charge in [0.1, 0.15) is 10.8 Å². The zero-order valence-electron chi connectivity index (χ0n) is 14.2. The molecular formula is C18H20N6OS. The lowest BCUT2D eigenvalue weighted by Crippen LogP contribution is -2.14. The molecule has 4 rings (SSSR count). The SMILES string of the molecule is Oc1cc(-n2ccnc2)ccc1-c1ncc(SC2CCCNCC2)nn1. The fourth-order valence-electron chi connectivity index (χ4n) is 3.00. The van der Waals surface area contributed by atoms with Crippen LogP contribution in [0.4, 0.5) is 0 Å². The largest absolute Gasteiger partial charge is 0.507 e. The first-order valence-electron chi connectivity index (χ1n) is 8.68. The molecule has 0 spiro atoms. The molecule has 7 nitrogen and oxygen atoms in total. The van der Waals surface area contributed by atoms with Gasteiger partial charge in [0.05, 0.1) is 23.8 Å². The number of nitrogens with zero attached hydrogens (tertiary/aromatic N) is 5. The number of benzene rings is 1. The van der Waals surface area contributed by atoms with Gasteiger partial charge in [-0.3, -0.25) is 0 Å². The maximum absolute atomic E-state index is 10.4. The molecule has 1 aromatic carbocycles. The van der Waals surface area contributed by atoms with Crippen LogP contribution in [-0.4, -0.2) is 48.2 Å². The molecule has 8 heteroatoms. The number of phenols is 1. The van der Waals surface area contributed by atoms with E-state index in [-0.39, 0.29) is 5.75 Å². The Kier molecular flexibility index (Phi) is 5.12. The second-order valence-electron chi connectivity index (χ2n) is 6.21. The van der Waals surface area contributed by atoms with Crippen LogP contribution in [0, 0.1) is 0 Å². The monoisotopic (exact) mass is 368 g/mol. The van der Waals surface area contributed by atoms with Gasteiger partial charge in [0, 0.05) is 23.7 Å². The van der Waals surface area contributed by atoms with Gasteiger partial charge in [0.2, 0.25) is 0 Å². The van der Waals surface area contributed by atoms with Crippen molar-refractivity contribution in [2.45, 2.75) is 29.5 Å². The Labute approximate surface area is 155 Å². The van der Waals surface area contributed by atoms with Crippen LogP contribution >= 0.6 is 11.8 Å². The molecule has 26 heavy (non-hydrogen) atoms. The lowest BCUT2D eigenvalue weighted by atomic mass is 10.1. The van der Waals surface area contributed by atoms with Gasteiger partial charge in [0.25, 0.3) is 0 Å². The molecule has 1 atom stereocenters. The van der Waals surface area contributed by atoms with E-state index < -0.39 is 0 Å². The summed E-state index contributed by atoms with van der Waals surface area (Å²) in [5.41, 5.74) is 1.39. The summed E-state index contributed by atoms with van der Waals surface area (Å²) in [5, 5.41) is 23.7. The van der Waals surface area contributed by atoms with Gasteiger partial charge in [-0.2, -0.15) is 0 Å². The first-order chi connectivity index (χ1) is 12.8. The van der Waals surface area contributed by atoms with Gasteiger partial charge >= 0.3 is 0 Å². The van der Waals surface area contributed by atoms with E-state index in [0.717, 1.165) is 30.2 Å². The second kappa shape index (κ2) is 7.84. The van der Waals surface area contributed by atoms with E-state index in [1.54, 1.807) is 42.6 Å². The average molecular weight is 368 g/mol. The van der Waals surface area contributed by atoms with Gasteiger partial charge in [-0.15, -0.1) is 10.2 Å². The highest BCUT2D eigenvalue weighted by Gasteiger charge is 2.15. The van der Waals surface area contributed by atoms with Gasteiger partial charge in [-0.1, -0.05) is 11.8 Å². The summed E-state index contributed by atoms with van der Waals surface area (Å²) < 4.78 is 1.82. The fourth-order valence-corrected chi connectivity index (χ4v) is 4.06. The Bertz CT molecular complexity index is 845. The first-order valence-corrected chi connectivity index (χ1v) is 9.56. The maximum atomic E-state index is 10.4. The van der Waals surface area contributed by atoms with Gasteiger partial charge < -0.3 is 15.0 Å². The molecule has 1 aliphatic heterocycles. The summed E-state index contributed by atoms with van der Waals surface area (Å²) in [7, 11) is 0. The highest BCUT2D eigenvalue weighted by atomic mass is 32.2. The van der Waals surface area contributed by atoms with Crippen molar-refractivity contribution in [3.05, 3.63) is 43.1 Å². The molecule has 0 aliphatic carbocycles. The second-order valence-corrected chi connectivity index (χ2v) is 7.53.